The molecule has 1 atom stereocenters. The van der Waals surface area contributed by atoms with Gasteiger partial charge in [-0.25, -0.2) is 0 Å². The number of hydrazine groups is 1. The van der Waals surface area contributed by atoms with Gasteiger partial charge in [-0.3, -0.25) is 20.4 Å². The minimum Gasteiger partial charge on any atom is -0.273 e. The van der Waals surface area contributed by atoms with Gasteiger partial charge in [-0.15, -0.1) is 0 Å². The molecule has 0 aliphatic heterocycles. The van der Waals surface area contributed by atoms with Gasteiger partial charge in [-0.05, 0) is 31.6 Å². The molecule has 2 aliphatic carbocycles. The van der Waals surface area contributed by atoms with E-state index in [0.717, 1.165) is 25.7 Å². The number of nitrogens with one attached hydrogen (secondary N) is 2. The number of carbonyl (C=O) groups is 2. The second kappa shape index (κ2) is 4.47. The highest BCUT2D eigenvalue weighted by Gasteiger charge is 2.29. The fraction of sp³-hybridized carbons (Fsp3) is 0.636. The van der Waals surface area contributed by atoms with Gasteiger partial charge in [-0.1, -0.05) is 12.2 Å². The molecule has 2 rings (SSSR count). The van der Waals surface area contributed by atoms with Crippen molar-refractivity contribution >= 4 is 11.8 Å². The molecule has 2 N–H and O–H groups in total. The van der Waals surface area contributed by atoms with Gasteiger partial charge in [0.05, 0.1) is 0 Å². The van der Waals surface area contributed by atoms with E-state index in [1.54, 1.807) is 0 Å². The molecule has 1 unspecified atom stereocenters. The molecule has 2 aliphatic rings. The summed E-state index contributed by atoms with van der Waals surface area (Å²) in [7, 11) is 0. The Bertz CT molecular complexity index is 295. The van der Waals surface area contributed by atoms with E-state index >= 15 is 0 Å². The van der Waals surface area contributed by atoms with E-state index in [1.165, 1.54) is 0 Å². The lowest BCUT2D eigenvalue weighted by Crippen LogP contribution is -2.42. The van der Waals surface area contributed by atoms with E-state index < -0.39 is 0 Å². The first-order valence-corrected chi connectivity index (χ1v) is 5.51. The van der Waals surface area contributed by atoms with Crippen molar-refractivity contribution in [1.82, 2.24) is 10.9 Å². The summed E-state index contributed by atoms with van der Waals surface area (Å²) in [6.07, 6.45) is 8.65. The van der Waals surface area contributed by atoms with Gasteiger partial charge >= 0.3 is 0 Å². The average Bonchev–Trinajstić information content (AvgIpc) is 2.95. The largest absolute Gasteiger partial charge is 0.273 e. The summed E-state index contributed by atoms with van der Waals surface area (Å²) >= 11 is 0. The van der Waals surface area contributed by atoms with E-state index in [1.807, 2.05) is 0 Å². The van der Waals surface area contributed by atoms with Crippen LogP contribution in [0.2, 0.25) is 0 Å². The van der Waals surface area contributed by atoms with Crippen molar-refractivity contribution in [2.45, 2.75) is 32.1 Å². The Kier molecular flexibility index (Phi) is 3.04. The molecule has 0 spiro atoms. The highest BCUT2D eigenvalue weighted by molar-refractivity contribution is 5.84. The molecule has 2 amide bonds. The highest BCUT2D eigenvalue weighted by Crippen LogP contribution is 2.28. The van der Waals surface area contributed by atoms with E-state index in [-0.39, 0.29) is 17.7 Å². The molecule has 1 saturated carbocycles. The zero-order valence-corrected chi connectivity index (χ0v) is 8.66. The van der Waals surface area contributed by atoms with Gasteiger partial charge in [0.2, 0.25) is 11.8 Å². The standard InChI is InChI=1S/C11H16N2O2/c14-10(7-8-3-1-2-4-8)12-13-11(15)9-5-6-9/h1,3,8-9H,2,4-7H2,(H,12,14)(H,13,15). The number of rotatable bonds is 3. The second-order valence-electron chi connectivity index (χ2n) is 4.28. The maximum absolute atomic E-state index is 11.4. The van der Waals surface area contributed by atoms with Crippen molar-refractivity contribution in [2.24, 2.45) is 11.8 Å². The van der Waals surface area contributed by atoms with Gasteiger partial charge < -0.3 is 0 Å². The first kappa shape index (κ1) is 10.2. The van der Waals surface area contributed by atoms with E-state index in [2.05, 4.69) is 23.0 Å². The summed E-state index contributed by atoms with van der Waals surface area (Å²) in [5.74, 6) is 0.338. The smallest absolute Gasteiger partial charge is 0.241 e. The minimum atomic E-state index is -0.0967. The van der Waals surface area contributed by atoms with Crippen LogP contribution in [0.4, 0.5) is 0 Å². The van der Waals surface area contributed by atoms with Crippen molar-refractivity contribution in [1.29, 1.82) is 0 Å². The third-order valence-corrected chi connectivity index (χ3v) is 2.83. The number of hydrogen-bond donors (Lipinski definition) is 2. The molecule has 0 aromatic carbocycles. The number of hydrogen-bond acceptors (Lipinski definition) is 2. The number of allylic oxidation sites excluding steroid dienone is 2. The zero-order chi connectivity index (χ0) is 10.7. The van der Waals surface area contributed by atoms with Crippen LogP contribution >= 0.6 is 0 Å². The summed E-state index contributed by atoms with van der Waals surface area (Å²) in [5.41, 5.74) is 4.91. The highest BCUT2D eigenvalue weighted by atomic mass is 16.2. The quantitative estimate of drug-likeness (QED) is 0.535. The van der Waals surface area contributed by atoms with Crippen LogP contribution in [-0.2, 0) is 9.59 Å². The predicted octanol–water partition coefficient (Wildman–Crippen LogP) is 0.900. The molecule has 0 aromatic heterocycles. The van der Waals surface area contributed by atoms with Gasteiger partial charge in [0, 0.05) is 12.3 Å². The Labute approximate surface area is 89.1 Å². The van der Waals surface area contributed by atoms with Crippen LogP contribution in [0.3, 0.4) is 0 Å². The fourth-order valence-corrected chi connectivity index (χ4v) is 1.73. The number of carbonyl (C=O) groups excluding carboxylic acids is 2. The van der Waals surface area contributed by atoms with Crippen molar-refractivity contribution in [3.05, 3.63) is 12.2 Å². The Morgan fingerprint density at radius 3 is 2.60 bits per heavy atom. The maximum atomic E-state index is 11.4. The van der Waals surface area contributed by atoms with E-state index in [9.17, 15) is 9.59 Å². The average molecular weight is 208 g/mol. The topological polar surface area (TPSA) is 58.2 Å². The normalized spacial score (nSPS) is 23.9. The van der Waals surface area contributed by atoms with Crippen LogP contribution in [0.1, 0.15) is 32.1 Å². The molecule has 4 heteroatoms. The van der Waals surface area contributed by atoms with Crippen molar-refractivity contribution in [3.63, 3.8) is 0 Å². The summed E-state index contributed by atoms with van der Waals surface area (Å²) in [4.78, 5) is 22.6. The molecular weight excluding hydrogens is 192 g/mol. The lowest BCUT2D eigenvalue weighted by Gasteiger charge is -2.09. The van der Waals surface area contributed by atoms with Crippen LogP contribution in [0.25, 0.3) is 0 Å². The molecule has 4 nitrogen and oxygen atoms in total. The van der Waals surface area contributed by atoms with Crippen LogP contribution in [-0.4, -0.2) is 11.8 Å². The molecule has 0 aromatic rings. The first-order chi connectivity index (χ1) is 7.25. The predicted molar refractivity (Wildman–Crippen MR) is 55.5 cm³/mol. The SMILES string of the molecule is O=C(CC1C=CCC1)NNC(=O)C1CC1. The molecular formula is C11H16N2O2. The maximum Gasteiger partial charge on any atom is 0.241 e. The first-order valence-electron chi connectivity index (χ1n) is 5.51. The van der Waals surface area contributed by atoms with Crippen molar-refractivity contribution in [2.75, 3.05) is 0 Å². The van der Waals surface area contributed by atoms with Gasteiger partial charge in [-0.2, -0.15) is 0 Å². The third-order valence-electron chi connectivity index (χ3n) is 2.83. The second-order valence-corrected chi connectivity index (χ2v) is 4.28. The van der Waals surface area contributed by atoms with Crippen molar-refractivity contribution < 1.29 is 9.59 Å². The van der Waals surface area contributed by atoms with E-state index in [4.69, 9.17) is 0 Å². The van der Waals surface area contributed by atoms with E-state index in [0.29, 0.717) is 12.3 Å². The Morgan fingerprint density at radius 2 is 2.00 bits per heavy atom. The number of amides is 2. The van der Waals surface area contributed by atoms with Gasteiger partial charge in [0.15, 0.2) is 0 Å². The molecule has 0 radical (unpaired) electrons. The van der Waals surface area contributed by atoms with Crippen molar-refractivity contribution in [3.8, 4) is 0 Å². The van der Waals surface area contributed by atoms with Gasteiger partial charge in [0.1, 0.15) is 0 Å². The molecule has 0 saturated heterocycles. The Morgan fingerprint density at radius 1 is 1.20 bits per heavy atom. The molecule has 15 heavy (non-hydrogen) atoms. The third kappa shape index (κ3) is 3.08. The van der Waals surface area contributed by atoms with Crippen LogP contribution in [0.15, 0.2) is 12.2 Å². The summed E-state index contributed by atoms with van der Waals surface area (Å²) in [6, 6.07) is 0. The summed E-state index contributed by atoms with van der Waals surface area (Å²) < 4.78 is 0. The van der Waals surface area contributed by atoms with Crippen LogP contribution < -0.4 is 10.9 Å². The lowest BCUT2D eigenvalue weighted by molar-refractivity contribution is -0.129. The fourth-order valence-electron chi connectivity index (χ4n) is 1.73. The monoisotopic (exact) mass is 208 g/mol. The molecule has 0 heterocycles. The Hall–Kier alpha value is -1.32. The lowest BCUT2D eigenvalue weighted by atomic mass is 10.1. The Balaban J connectivity index is 1.63. The summed E-state index contributed by atoms with van der Waals surface area (Å²) in [5, 5.41) is 0. The zero-order valence-electron chi connectivity index (χ0n) is 8.66. The van der Waals surface area contributed by atoms with Crippen LogP contribution in [0, 0.1) is 11.8 Å². The molecule has 82 valence electrons. The van der Waals surface area contributed by atoms with Gasteiger partial charge in [0.25, 0.3) is 0 Å². The molecule has 1 fully saturated rings. The minimum absolute atomic E-state index is 0.0506. The van der Waals surface area contributed by atoms with Crippen LogP contribution in [0.5, 0.6) is 0 Å². The summed E-state index contributed by atoms with van der Waals surface area (Å²) in [6.45, 7) is 0. The molecule has 0 bridgehead atoms.